The van der Waals surface area contributed by atoms with Gasteiger partial charge in [0.05, 0.1) is 0 Å². The fourth-order valence-corrected chi connectivity index (χ4v) is 3.14. The number of rotatable bonds is 5. The lowest BCUT2D eigenvalue weighted by Crippen LogP contribution is -2.22. The zero-order valence-electron chi connectivity index (χ0n) is 12.0. The molecule has 0 unspecified atom stereocenters. The highest BCUT2D eigenvalue weighted by Crippen LogP contribution is 2.24. The largest absolute Gasteiger partial charge is 0.326 e. The lowest BCUT2D eigenvalue weighted by molar-refractivity contribution is -0.120. The fourth-order valence-electron chi connectivity index (χ4n) is 2.86. The molecule has 0 spiro atoms. The Hall–Kier alpha value is -0.830. The molecule has 1 amide bonds. The number of halogens is 1. The third kappa shape index (κ3) is 4.93. The minimum Gasteiger partial charge on any atom is -0.326 e. The molecule has 1 N–H and O–H groups in total. The summed E-state index contributed by atoms with van der Waals surface area (Å²) in [5.74, 6) is 0.424. The molecule has 0 atom stereocenters. The molecule has 0 heterocycles. The number of benzene rings is 1. The van der Waals surface area contributed by atoms with Crippen molar-refractivity contribution in [1.82, 2.24) is 0 Å². The smallest absolute Gasteiger partial charge is 0.227 e. The van der Waals surface area contributed by atoms with Crippen LogP contribution in [0.15, 0.2) is 24.3 Å². The molecular formula is C17H24BrNO. The van der Waals surface area contributed by atoms with Crippen molar-refractivity contribution in [1.29, 1.82) is 0 Å². The molecule has 0 aliphatic heterocycles. The normalized spacial score (nSPS) is 16.6. The monoisotopic (exact) mass is 337 g/mol. The minimum atomic E-state index is 0.212. The van der Waals surface area contributed by atoms with Crippen LogP contribution in [0, 0.1) is 5.92 Å². The van der Waals surface area contributed by atoms with Crippen LogP contribution in [-0.4, -0.2) is 11.2 Å². The quantitative estimate of drug-likeness (QED) is 0.599. The van der Waals surface area contributed by atoms with E-state index in [-0.39, 0.29) is 11.8 Å². The first-order chi connectivity index (χ1) is 9.79. The number of hydrogen-bond donors (Lipinski definition) is 1. The van der Waals surface area contributed by atoms with Crippen molar-refractivity contribution in [3.05, 3.63) is 29.8 Å². The Morgan fingerprint density at radius 2 is 1.95 bits per heavy atom. The highest BCUT2D eigenvalue weighted by atomic mass is 79.9. The van der Waals surface area contributed by atoms with Gasteiger partial charge in [0, 0.05) is 16.9 Å². The molecule has 20 heavy (non-hydrogen) atoms. The molecule has 2 rings (SSSR count). The number of carbonyl (C=O) groups is 1. The van der Waals surface area contributed by atoms with Crippen LogP contribution in [-0.2, 0) is 11.2 Å². The van der Waals surface area contributed by atoms with E-state index in [4.69, 9.17) is 0 Å². The zero-order valence-corrected chi connectivity index (χ0v) is 13.6. The van der Waals surface area contributed by atoms with Gasteiger partial charge >= 0.3 is 0 Å². The van der Waals surface area contributed by atoms with Gasteiger partial charge in [-0.1, -0.05) is 53.7 Å². The van der Waals surface area contributed by atoms with Crippen LogP contribution < -0.4 is 5.32 Å². The van der Waals surface area contributed by atoms with Gasteiger partial charge in [-0.05, 0) is 43.4 Å². The van der Waals surface area contributed by atoms with Gasteiger partial charge in [0.15, 0.2) is 0 Å². The molecule has 3 heteroatoms. The molecule has 1 aliphatic rings. The van der Waals surface area contributed by atoms with E-state index in [1.54, 1.807) is 0 Å². The van der Waals surface area contributed by atoms with E-state index in [1.165, 1.54) is 31.2 Å². The Morgan fingerprint density at radius 3 is 2.65 bits per heavy atom. The predicted molar refractivity (Wildman–Crippen MR) is 88.4 cm³/mol. The lowest BCUT2D eigenvalue weighted by Gasteiger charge is -2.14. The average molecular weight is 338 g/mol. The molecular weight excluding hydrogens is 314 g/mol. The number of hydrogen-bond acceptors (Lipinski definition) is 1. The van der Waals surface area contributed by atoms with Crippen molar-refractivity contribution in [3.63, 3.8) is 0 Å². The summed E-state index contributed by atoms with van der Waals surface area (Å²) in [5.41, 5.74) is 2.24. The molecule has 1 aromatic carbocycles. The van der Waals surface area contributed by atoms with E-state index >= 15 is 0 Å². The molecule has 1 fully saturated rings. The van der Waals surface area contributed by atoms with Crippen LogP contribution in [0.5, 0.6) is 0 Å². The van der Waals surface area contributed by atoms with Crippen LogP contribution in [0.3, 0.4) is 0 Å². The van der Waals surface area contributed by atoms with Gasteiger partial charge in [0.1, 0.15) is 0 Å². The van der Waals surface area contributed by atoms with E-state index in [1.807, 2.05) is 12.1 Å². The van der Waals surface area contributed by atoms with Crippen LogP contribution >= 0.6 is 15.9 Å². The first kappa shape index (κ1) is 15.6. The molecule has 0 aromatic heterocycles. The Balaban J connectivity index is 1.92. The number of aryl methyl sites for hydroxylation is 1. The molecule has 1 saturated carbocycles. The van der Waals surface area contributed by atoms with E-state index in [2.05, 4.69) is 33.4 Å². The van der Waals surface area contributed by atoms with Crippen molar-refractivity contribution < 1.29 is 4.79 Å². The Kier molecular flexibility index (Phi) is 6.58. The van der Waals surface area contributed by atoms with Crippen molar-refractivity contribution in [2.45, 2.75) is 51.4 Å². The summed E-state index contributed by atoms with van der Waals surface area (Å²) in [6, 6.07) is 8.26. The van der Waals surface area contributed by atoms with Gasteiger partial charge in [0.25, 0.3) is 0 Å². The SMILES string of the molecule is O=C(Nc1cccc(CCCBr)c1)C1CCCCCC1. The summed E-state index contributed by atoms with van der Waals surface area (Å²) in [6.45, 7) is 0. The number of carbonyl (C=O) groups excluding carboxylic acids is 1. The average Bonchev–Trinajstić information content (AvgIpc) is 2.74. The van der Waals surface area contributed by atoms with Gasteiger partial charge in [-0.3, -0.25) is 4.79 Å². The fraction of sp³-hybridized carbons (Fsp3) is 0.588. The summed E-state index contributed by atoms with van der Waals surface area (Å²) in [5, 5.41) is 4.13. The van der Waals surface area contributed by atoms with Gasteiger partial charge < -0.3 is 5.32 Å². The van der Waals surface area contributed by atoms with Crippen molar-refractivity contribution in [3.8, 4) is 0 Å². The zero-order chi connectivity index (χ0) is 14.2. The standard InChI is InChI=1S/C17H24BrNO/c18-12-6-8-14-7-5-11-16(13-14)19-17(20)15-9-3-1-2-4-10-15/h5,7,11,13,15H,1-4,6,8-10,12H2,(H,19,20). The summed E-state index contributed by atoms with van der Waals surface area (Å²) >= 11 is 3.46. The predicted octanol–water partition coefficient (Wildman–Crippen LogP) is 4.92. The topological polar surface area (TPSA) is 29.1 Å². The van der Waals surface area contributed by atoms with Gasteiger partial charge in [0.2, 0.25) is 5.91 Å². The maximum atomic E-state index is 12.3. The highest BCUT2D eigenvalue weighted by Gasteiger charge is 2.19. The number of nitrogens with one attached hydrogen (secondary N) is 1. The number of amides is 1. The molecule has 0 radical (unpaired) electrons. The van der Waals surface area contributed by atoms with Gasteiger partial charge in [-0.25, -0.2) is 0 Å². The van der Waals surface area contributed by atoms with Gasteiger partial charge in [-0.2, -0.15) is 0 Å². The first-order valence-corrected chi connectivity index (χ1v) is 8.87. The lowest BCUT2D eigenvalue weighted by atomic mass is 9.99. The maximum absolute atomic E-state index is 12.3. The molecule has 0 bridgehead atoms. The van der Waals surface area contributed by atoms with Crippen LogP contribution in [0.2, 0.25) is 0 Å². The molecule has 1 aromatic rings. The Morgan fingerprint density at radius 1 is 1.20 bits per heavy atom. The van der Waals surface area contributed by atoms with Crippen molar-refractivity contribution in [2.24, 2.45) is 5.92 Å². The summed E-state index contributed by atoms with van der Waals surface area (Å²) < 4.78 is 0. The highest BCUT2D eigenvalue weighted by molar-refractivity contribution is 9.09. The minimum absolute atomic E-state index is 0.212. The number of alkyl halides is 1. The van der Waals surface area contributed by atoms with Crippen LogP contribution in [0.4, 0.5) is 5.69 Å². The molecule has 110 valence electrons. The number of anilines is 1. The van der Waals surface area contributed by atoms with Crippen LogP contribution in [0.25, 0.3) is 0 Å². The molecule has 0 saturated heterocycles. The second-order valence-corrected chi connectivity index (χ2v) is 6.46. The van der Waals surface area contributed by atoms with Crippen molar-refractivity contribution >= 4 is 27.5 Å². The summed E-state index contributed by atoms with van der Waals surface area (Å²) in [7, 11) is 0. The maximum Gasteiger partial charge on any atom is 0.227 e. The second-order valence-electron chi connectivity index (χ2n) is 5.67. The second kappa shape index (κ2) is 8.46. The Labute approximate surface area is 130 Å². The van der Waals surface area contributed by atoms with Crippen LogP contribution in [0.1, 0.15) is 50.5 Å². The summed E-state index contributed by atoms with van der Waals surface area (Å²) in [6.07, 6.45) is 9.24. The third-order valence-electron chi connectivity index (χ3n) is 4.02. The molecule has 1 aliphatic carbocycles. The summed E-state index contributed by atoms with van der Waals surface area (Å²) in [4.78, 5) is 12.3. The molecule has 2 nitrogen and oxygen atoms in total. The third-order valence-corrected chi connectivity index (χ3v) is 4.58. The van der Waals surface area contributed by atoms with E-state index < -0.39 is 0 Å². The first-order valence-electron chi connectivity index (χ1n) is 7.75. The van der Waals surface area contributed by atoms with Gasteiger partial charge in [-0.15, -0.1) is 0 Å². The van der Waals surface area contributed by atoms with E-state index in [0.717, 1.165) is 36.7 Å². The van der Waals surface area contributed by atoms with E-state index in [9.17, 15) is 4.79 Å². The van der Waals surface area contributed by atoms with E-state index in [0.29, 0.717) is 0 Å². The van der Waals surface area contributed by atoms with Crippen molar-refractivity contribution in [2.75, 3.05) is 10.6 Å². The Bertz CT molecular complexity index is 425.